The summed E-state index contributed by atoms with van der Waals surface area (Å²) in [5.41, 5.74) is -0.970. The minimum atomic E-state index is -1.25. The Bertz CT molecular complexity index is 540. The third kappa shape index (κ3) is 5.27. The number of hydrogen-bond donors (Lipinski definition) is 3. The number of ether oxygens (including phenoxy) is 1. The highest BCUT2D eigenvalue weighted by Gasteiger charge is 2.33. The van der Waals surface area contributed by atoms with E-state index in [2.05, 4.69) is 15.6 Å². The number of β-amino-alcohol motifs (C(OH)–C–C–N with tert-alkyl or cyclic N) is 1. The molecule has 0 radical (unpaired) electrons. The zero-order valence-electron chi connectivity index (χ0n) is 13.1. The van der Waals surface area contributed by atoms with Crippen LogP contribution in [0.4, 0.5) is 0 Å². The molecule has 1 fully saturated rings. The molecule has 1 aromatic rings. The molecule has 1 atom stereocenters. The molecule has 1 aliphatic heterocycles. The van der Waals surface area contributed by atoms with E-state index in [1.807, 2.05) is 0 Å². The minimum absolute atomic E-state index is 0.0205. The average Bonchev–Trinajstić information content (AvgIpc) is 2.75. The molecule has 2 heterocycles. The van der Waals surface area contributed by atoms with Gasteiger partial charge in [0.2, 0.25) is 5.91 Å². The first-order chi connectivity index (χ1) is 11.0. The van der Waals surface area contributed by atoms with Crippen LogP contribution in [0.25, 0.3) is 0 Å². The van der Waals surface area contributed by atoms with Gasteiger partial charge in [0.25, 0.3) is 5.91 Å². The highest BCUT2D eigenvalue weighted by Crippen LogP contribution is 2.12. The molecule has 23 heavy (non-hydrogen) atoms. The number of carbonyl (C=O) groups is 2. The maximum Gasteiger partial charge on any atom is 0.269 e. The van der Waals surface area contributed by atoms with Crippen molar-refractivity contribution in [2.45, 2.75) is 5.60 Å². The van der Waals surface area contributed by atoms with E-state index < -0.39 is 5.60 Å². The maximum atomic E-state index is 12.0. The molecule has 1 unspecified atom stereocenters. The van der Waals surface area contributed by atoms with Crippen LogP contribution in [0.3, 0.4) is 0 Å². The Labute approximate surface area is 134 Å². The molecule has 2 rings (SSSR count). The third-order valence-corrected chi connectivity index (χ3v) is 3.56. The van der Waals surface area contributed by atoms with Crippen LogP contribution in [0.1, 0.15) is 10.5 Å². The van der Waals surface area contributed by atoms with Gasteiger partial charge in [-0.15, -0.1) is 0 Å². The fraction of sp³-hybridized carbons (Fsp3) is 0.533. The van der Waals surface area contributed by atoms with Gasteiger partial charge in [0.1, 0.15) is 11.3 Å². The van der Waals surface area contributed by atoms with Crippen LogP contribution in [0.15, 0.2) is 24.4 Å². The van der Waals surface area contributed by atoms with Gasteiger partial charge in [0.05, 0.1) is 26.3 Å². The smallest absolute Gasteiger partial charge is 0.269 e. The van der Waals surface area contributed by atoms with E-state index in [1.165, 1.54) is 6.20 Å². The van der Waals surface area contributed by atoms with Crippen molar-refractivity contribution in [2.75, 3.05) is 46.4 Å². The van der Waals surface area contributed by atoms with Crippen LogP contribution in [0, 0.1) is 0 Å². The van der Waals surface area contributed by atoms with Gasteiger partial charge in [0.15, 0.2) is 0 Å². The summed E-state index contributed by atoms with van der Waals surface area (Å²) >= 11 is 0. The van der Waals surface area contributed by atoms with Gasteiger partial charge >= 0.3 is 0 Å². The van der Waals surface area contributed by atoms with Crippen LogP contribution in [-0.4, -0.2) is 78.8 Å². The van der Waals surface area contributed by atoms with Gasteiger partial charge in [-0.1, -0.05) is 6.07 Å². The molecule has 0 aromatic carbocycles. The number of hydrogen-bond acceptors (Lipinski definition) is 6. The van der Waals surface area contributed by atoms with Gasteiger partial charge in [-0.3, -0.25) is 19.5 Å². The summed E-state index contributed by atoms with van der Waals surface area (Å²) in [5.74, 6) is -0.493. The standard InChI is InChI=1S/C15H22N4O4/c1-16-13(20)8-19-6-7-23-11-15(22,10-19)9-18-14(21)12-4-2-3-5-17-12/h2-5,22H,6-11H2,1H3,(H,16,20)(H,18,21). The Hall–Kier alpha value is -2.03. The van der Waals surface area contributed by atoms with Crippen LogP contribution >= 0.6 is 0 Å². The van der Waals surface area contributed by atoms with Crippen molar-refractivity contribution in [3.05, 3.63) is 30.1 Å². The largest absolute Gasteiger partial charge is 0.384 e. The first kappa shape index (κ1) is 17.3. The predicted molar refractivity (Wildman–Crippen MR) is 82.8 cm³/mol. The molecule has 0 saturated carbocycles. The quantitative estimate of drug-likeness (QED) is 0.617. The lowest BCUT2D eigenvalue weighted by Gasteiger charge is -2.30. The molecule has 1 aromatic heterocycles. The monoisotopic (exact) mass is 322 g/mol. The summed E-state index contributed by atoms with van der Waals surface area (Å²) in [6, 6.07) is 5.04. The number of aliphatic hydroxyl groups is 1. The van der Waals surface area contributed by atoms with Crippen LogP contribution in [0.2, 0.25) is 0 Å². The second kappa shape index (κ2) is 8.00. The highest BCUT2D eigenvalue weighted by atomic mass is 16.5. The molecule has 0 bridgehead atoms. The molecule has 2 amide bonds. The number of nitrogens with zero attached hydrogens (tertiary/aromatic N) is 2. The molecule has 3 N–H and O–H groups in total. The van der Waals surface area contributed by atoms with E-state index in [1.54, 1.807) is 30.1 Å². The molecule has 8 nitrogen and oxygen atoms in total. The van der Waals surface area contributed by atoms with E-state index >= 15 is 0 Å². The molecule has 1 aliphatic rings. The second-order valence-electron chi connectivity index (χ2n) is 5.56. The minimum Gasteiger partial charge on any atom is -0.384 e. The zero-order chi connectivity index (χ0) is 16.7. The summed E-state index contributed by atoms with van der Waals surface area (Å²) in [6.07, 6.45) is 1.53. The molecule has 0 spiro atoms. The number of likely N-dealkylation sites (N-methyl/N-ethyl adjacent to an activating group) is 1. The lowest BCUT2D eigenvalue weighted by atomic mass is 10.0. The van der Waals surface area contributed by atoms with E-state index in [0.717, 1.165) is 0 Å². The normalized spacial score (nSPS) is 22.2. The number of rotatable bonds is 5. The van der Waals surface area contributed by atoms with Gasteiger partial charge in [-0.2, -0.15) is 0 Å². The average molecular weight is 322 g/mol. The highest BCUT2D eigenvalue weighted by molar-refractivity contribution is 5.92. The second-order valence-corrected chi connectivity index (χ2v) is 5.56. The van der Waals surface area contributed by atoms with Crippen LogP contribution in [0.5, 0.6) is 0 Å². The van der Waals surface area contributed by atoms with Crippen molar-refractivity contribution in [1.82, 2.24) is 20.5 Å². The Kier molecular flexibility index (Phi) is 6.03. The zero-order valence-corrected chi connectivity index (χ0v) is 13.1. The molecule has 0 aliphatic carbocycles. The van der Waals surface area contributed by atoms with E-state index in [9.17, 15) is 14.7 Å². The Morgan fingerprint density at radius 1 is 1.48 bits per heavy atom. The van der Waals surface area contributed by atoms with E-state index in [-0.39, 0.29) is 43.7 Å². The summed E-state index contributed by atoms with van der Waals surface area (Å²) in [5, 5.41) is 15.9. The van der Waals surface area contributed by atoms with Crippen molar-refractivity contribution >= 4 is 11.8 Å². The first-order valence-corrected chi connectivity index (χ1v) is 7.45. The predicted octanol–water partition coefficient (Wildman–Crippen LogP) is -1.38. The Balaban J connectivity index is 1.93. The molecule has 126 valence electrons. The molecule has 8 heteroatoms. The Morgan fingerprint density at radius 3 is 3.00 bits per heavy atom. The van der Waals surface area contributed by atoms with Crippen molar-refractivity contribution in [3.8, 4) is 0 Å². The van der Waals surface area contributed by atoms with Gasteiger partial charge in [-0.25, -0.2) is 0 Å². The number of carbonyl (C=O) groups excluding carboxylic acids is 2. The maximum absolute atomic E-state index is 12.0. The van der Waals surface area contributed by atoms with Crippen molar-refractivity contribution in [3.63, 3.8) is 0 Å². The summed E-state index contributed by atoms with van der Waals surface area (Å²) in [6.45, 7) is 1.50. The summed E-state index contributed by atoms with van der Waals surface area (Å²) < 4.78 is 5.40. The number of aromatic nitrogens is 1. The third-order valence-electron chi connectivity index (χ3n) is 3.56. The fourth-order valence-electron chi connectivity index (χ4n) is 2.35. The first-order valence-electron chi connectivity index (χ1n) is 7.45. The van der Waals surface area contributed by atoms with Crippen molar-refractivity contribution < 1.29 is 19.4 Å². The lowest BCUT2D eigenvalue weighted by Crippen LogP contribution is -2.53. The topological polar surface area (TPSA) is 104 Å². The summed E-state index contributed by atoms with van der Waals surface area (Å²) in [7, 11) is 1.57. The van der Waals surface area contributed by atoms with Gasteiger partial charge in [0, 0.05) is 26.3 Å². The fourth-order valence-corrected chi connectivity index (χ4v) is 2.35. The number of amides is 2. The Morgan fingerprint density at radius 2 is 2.30 bits per heavy atom. The molecule has 1 saturated heterocycles. The SMILES string of the molecule is CNC(=O)CN1CCOCC(O)(CNC(=O)c2ccccn2)C1. The van der Waals surface area contributed by atoms with Gasteiger partial charge in [-0.05, 0) is 12.1 Å². The number of nitrogens with one attached hydrogen (secondary N) is 2. The van der Waals surface area contributed by atoms with E-state index in [4.69, 9.17) is 4.74 Å². The van der Waals surface area contributed by atoms with Crippen LogP contribution < -0.4 is 10.6 Å². The van der Waals surface area contributed by atoms with Crippen LogP contribution in [-0.2, 0) is 9.53 Å². The molecular formula is C15H22N4O4. The van der Waals surface area contributed by atoms with Crippen molar-refractivity contribution in [2.24, 2.45) is 0 Å². The van der Waals surface area contributed by atoms with Crippen molar-refractivity contribution in [1.29, 1.82) is 0 Å². The summed E-state index contributed by atoms with van der Waals surface area (Å²) in [4.78, 5) is 29.3. The van der Waals surface area contributed by atoms with E-state index in [0.29, 0.717) is 13.2 Å². The van der Waals surface area contributed by atoms with Gasteiger partial charge < -0.3 is 20.5 Å². The number of pyridine rings is 1. The molecular weight excluding hydrogens is 300 g/mol. The lowest BCUT2D eigenvalue weighted by molar-refractivity contribution is -0.122.